The minimum absolute atomic E-state index is 0.183. The van der Waals surface area contributed by atoms with Crippen LogP contribution in [0.25, 0.3) is 21.7 Å². The number of carboxylic acid groups (broad SMARTS) is 1. The second kappa shape index (κ2) is 8.55. The van der Waals surface area contributed by atoms with Gasteiger partial charge in [-0.1, -0.05) is 6.07 Å². The molecule has 7 heteroatoms. The van der Waals surface area contributed by atoms with E-state index in [0.29, 0.717) is 37.8 Å². The minimum atomic E-state index is -0.992. The first kappa shape index (κ1) is 18.0. The van der Waals surface area contributed by atoms with Gasteiger partial charge in [0, 0.05) is 35.2 Å². The molecule has 0 bridgehead atoms. The molecule has 0 radical (unpaired) electrons. The Kier molecular flexibility index (Phi) is 5.93. The molecule has 0 unspecified atom stereocenters. The third kappa shape index (κ3) is 4.07. The van der Waals surface area contributed by atoms with Gasteiger partial charge in [0.25, 0.3) is 0 Å². The number of nitrogens with two attached hydrogens (primary N) is 1. The standard InChI is InChI=1S/C19H21N3O4/c20-6-1-2-8-25-9-10-26-18-15-5-7-21-12-16(15)14-4-3-13(19(23)24)11-17(14)22-18/h3-5,7,11-12H,1-2,6,8-10,20H2,(H,23,24). The number of aromatic carboxylic acids is 1. The van der Waals surface area contributed by atoms with Crippen LogP contribution < -0.4 is 10.5 Å². The Morgan fingerprint density at radius 1 is 1.08 bits per heavy atom. The van der Waals surface area contributed by atoms with Gasteiger partial charge in [0.15, 0.2) is 0 Å². The maximum atomic E-state index is 11.2. The highest BCUT2D eigenvalue weighted by atomic mass is 16.5. The SMILES string of the molecule is NCCCCOCCOc1nc2cc(C(=O)O)ccc2c2cnccc12. The van der Waals surface area contributed by atoms with E-state index in [0.717, 1.165) is 29.0 Å². The second-order valence-corrected chi connectivity index (χ2v) is 5.83. The summed E-state index contributed by atoms with van der Waals surface area (Å²) in [6, 6.07) is 6.69. The number of aromatic nitrogens is 2. The van der Waals surface area contributed by atoms with Gasteiger partial charge in [-0.05, 0) is 37.6 Å². The van der Waals surface area contributed by atoms with Crippen molar-refractivity contribution in [2.75, 3.05) is 26.4 Å². The molecule has 0 aliphatic carbocycles. The highest BCUT2D eigenvalue weighted by molar-refractivity contribution is 6.08. The Bertz CT molecular complexity index is 914. The van der Waals surface area contributed by atoms with E-state index < -0.39 is 5.97 Å². The zero-order valence-electron chi connectivity index (χ0n) is 14.4. The number of unbranched alkanes of at least 4 members (excludes halogenated alkanes) is 1. The van der Waals surface area contributed by atoms with Crippen LogP contribution in [0.1, 0.15) is 23.2 Å². The summed E-state index contributed by atoms with van der Waals surface area (Å²) in [5.41, 5.74) is 6.18. The van der Waals surface area contributed by atoms with Crippen molar-refractivity contribution in [3.63, 3.8) is 0 Å². The van der Waals surface area contributed by atoms with Gasteiger partial charge in [0.2, 0.25) is 5.88 Å². The van der Waals surface area contributed by atoms with Crippen LogP contribution >= 0.6 is 0 Å². The van der Waals surface area contributed by atoms with Crippen LogP contribution in [0.4, 0.5) is 0 Å². The van der Waals surface area contributed by atoms with Crippen molar-refractivity contribution in [3.8, 4) is 5.88 Å². The normalized spacial score (nSPS) is 11.1. The molecule has 3 rings (SSSR count). The smallest absolute Gasteiger partial charge is 0.335 e. The fraction of sp³-hybridized carbons (Fsp3) is 0.316. The number of pyridine rings is 2. The summed E-state index contributed by atoms with van der Waals surface area (Å²) in [4.78, 5) is 19.9. The first-order valence-electron chi connectivity index (χ1n) is 8.52. The van der Waals surface area contributed by atoms with E-state index in [4.69, 9.17) is 15.2 Å². The van der Waals surface area contributed by atoms with Gasteiger partial charge < -0.3 is 20.3 Å². The first-order valence-corrected chi connectivity index (χ1v) is 8.52. The third-order valence-corrected chi connectivity index (χ3v) is 4.02. The van der Waals surface area contributed by atoms with Gasteiger partial charge >= 0.3 is 5.97 Å². The number of ether oxygens (including phenoxy) is 2. The van der Waals surface area contributed by atoms with Crippen LogP contribution in [0.2, 0.25) is 0 Å². The fourth-order valence-corrected chi connectivity index (χ4v) is 2.71. The lowest BCUT2D eigenvalue weighted by Gasteiger charge is -2.11. The molecule has 0 saturated carbocycles. The predicted molar refractivity (Wildman–Crippen MR) is 98.6 cm³/mol. The number of carbonyl (C=O) groups is 1. The van der Waals surface area contributed by atoms with Gasteiger partial charge in [-0.25, -0.2) is 9.78 Å². The molecule has 3 N–H and O–H groups in total. The van der Waals surface area contributed by atoms with Gasteiger partial charge in [-0.15, -0.1) is 0 Å². The van der Waals surface area contributed by atoms with Crippen molar-refractivity contribution < 1.29 is 19.4 Å². The van der Waals surface area contributed by atoms with Crippen LogP contribution in [0.5, 0.6) is 5.88 Å². The monoisotopic (exact) mass is 355 g/mol. The molecular weight excluding hydrogens is 334 g/mol. The number of rotatable bonds is 9. The lowest BCUT2D eigenvalue weighted by atomic mass is 10.1. The zero-order valence-corrected chi connectivity index (χ0v) is 14.4. The van der Waals surface area contributed by atoms with E-state index in [1.54, 1.807) is 30.6 Å². The van der Waals surface area contributed by atoms with Crippen LogP contribution in [-0.2, 0) is 4.74 Å². The van der Waals surface area contributed by atoms with Crippen LogP contribution in [0, 0.1) is 0 Å². The van der Waals surface area contributed by atoms with Crippen molar-refractivity contribution in [2.24, 2.45) is 5.73 Å². The van der Waals surface area contributed by atoms with Gasteiger partial charge in [0.1, 0.15) is 6.61 Å². The zero-order chi connectivity index (χ0) is 18.4. The molecule has 0 atom stereocenters. The number of hydrogen-bond acceptors (Lipinski definition) is 6. The topological polar surface area (TPSA) is 108 Å². The van der Waals surface area contributed by atoms with E-state index in [-0.39, 0.29) is 5.56 Å². The Hall–Kier alpha value is -2.77. The predicted octanol–water partition coefficient (Wildman–Crippen LogP) is 2.62. The van der Waals surface area contributed by atoms with E-state index in [1.807, 2.05) is 6.07 Å². The molecular formula is C19H21N3O4. The molecule has 3 aromatic rings. The Labute approximate surface area is 150 Å². The maximum absolute atomic E-state index is 11.2. The third-order valence-electron chi connectivity index (χ3n) is 4.02. The van der Waals surface area contributed by atoms with Crippen molar-refractivity contribution in [1.29, 1.82) is 0 Å². The number of carboxylic acids is 1. The lowest BCUT2D eigenvalue weighted by molar-refractivity contribution is 0.0697. The Balaban J connectivity index is 1.82. The van der Waals surface area contributed by atoms with Gasteiger partial charge in [0.05, 0.1) is 17.7 Å². The van der Waals surface area contributed by atoms with Crippen molar-refractivity contribution in [1.82, 2.24) is 9.97 Å². The molecule has 0 aliphatic heterocycles. The summed E-state index contributed by atoms with van der Waals surface area (Å²) in [5.74, 6) is -0.545. The van der Waals surface area contributed by atoms with E-state index >= 15 is 0 Å². The van der Waals surface area contributed by atoms with Crippen molar-refractivity contribution in [2.45, 2.75) is 12.8 Å². The van der Waals surface area contributed by atoms with Crippen molar-refractivity contribution in [3.05, 3.63) is 42.2 Å². The van der Waals surface area contributed by atoms with E-state index in [9.17, 15) is 9.90 Å². The van der Waals surface area contributed by atoms with Crippen LogP contribution in [-0.4, -0.2) is 47.4 Å². The lowest BCUT2D eigenvalue weighted by Crippen LogP contribution is -2.09. The molecule has 0 amide bonds. The van der Waals surface area contributed by atoms with E-state index in [1.165, 1.54) is 0 Å². The molecule has 2 aromatic heterocycles. The van der Waals surface area contributed by atoms with Gasteiger partial charge in [-0.2, -0.15) is 0 Å². The number of fused-ring (bicyclic) bond motifs is 3. The Morgan fingerprint density at radius 3 is 2.77 bits per heavy atom. The molecule has 0 saturated heterocycles. The molecule has 2 heterocycles. The molecule has 1 aromatic carbocycles. The fourth-order valence-electron chi connectivity index (χ4n) is 2.71. The second-order valence-electron chi connectivity index (χ2n) is 5.83. The van der Waals surface area contributed by atoms with Crippen molar-refractivity contribution >= 4 is 27.6 Å². The number of benzene rings is 1. The van der Waals surface area contributed by atoms with Crippen LogP contribution in [0.3, 0.4) is 0 Å². The van der Waals surface area contributed by atoms with E-state index in [2.05, 4.69) is 9.97 Å². The summed E-state index contributed by atoms with van der Waals surface area (Å²) < 4.78 is 11.3. The summed E-state index contributed by atoms with van der Waals surface area (Å²) >= 11 is 0. The molecule has 0 fully saturated rings. The minimum Gasteiger partial charge on any atom is -0.478 e. The average molecular weight is 355 g/mol. The highest BCUT2D eigenvalue weighted by Crippen LogP contribution is 2.30. The van der Waals surface area contributed by atoms with Gasteiger partial charge in [-0.3, -0.25) is 4.98 Å². The molecule has 7 nitrogen and oxygen atoms in total. The summed E-state index contributed by atoms with van der Waals surface area (Å²) in [7, 11) is 0. The summed E-state index contributed by atoms with van der Waals surface area (Å²) in [6.45, 7) is 2.13. The molecule has 136 valence electrons. The molecule has 26 heavy (non-hydrogen) atoms. The number of hydrogen-bond donors (Lipinski definition) is 2. The summed E-state index contributed by atoms with van der Waals surface area (Å²) in [5, 5.41) is 11.7. The molecule has 0 spiro atoms. The average Bonchev–Trinajstić information content (AvgIpc) is 2.66. The highest BCUT2D eigenvalue weighted by Gasteiger charge is 2.12. The first-order chi connectivity index (χ1) is 12.7. The largest absolute Gasteiger partial charge is 0.478 e. The summed E-state index contributed by atoms with van der Waals surface area (Å²) in [6.07, 6.45) is 5.28. The quantitative estimate of drug-likeness (QED) is 0.449. The maximum Gasteiger partial charge on any atom is 0.335 e. The van der Waals surface area contributed by atoms with Crippen LogP contribution in [0.15, 0.2) is 36.7 Å². The number of nitrogens with zero attached hydrogens (tertiary/aromatic N) is 2. The molecule has 0 aliphatic rings. The Morgan fingerprint density at radius 2 is 1.96 bits per heavy atom.